The average molecular weight is 315 g/mol. The molecule has 1 fully saturated rings. The van der Waals surface area contributed by atoms with Gasteiger partial charge in [-0.15, -0.1) is 0 Å². The van der Waals surface area contributed by atoms with Crippen LogP contribution < -0.4 is 4.74 Å². The van der Waals surface area contributed by atoms with Crippen molar-refractivity contribution in [2.45, 2.75) is 19.8 Å². The van der Waals surface area contributed by atoms with Crippen LogP contribution >= 0.6 is 0 Å². The van der Waals surface area contributed by atoms with Crippen molar-refractivity contribution in [1.82, 2.24) is 4.90 Å². The summed E-state index contributed by atoms with van der Waals surface area (Å²) in [6, 6.07) is 7.50. The molecule has 1 aromatic carbocycles. The molecule has 3 rings (SSSR count). The van der Waals surface area contributed by atoms with E-state index in [9.17, 15) is 9.59 Å². The maximum absolute atomic E-state index is 12.1. The molecule has 0 bridgehead atoms. The fourth-order valence-corrected chi connectivity index (χ4v) is 2.80. The Bertz CT molecular complexity index is 630. The van der Waals surface area contributed by atoms with Crippen LogP contribution in [0.15, 0.2) is 29.8 Å². The highest BCUT2D eigenvalue weighted by atomic mass is 16.5. The molecule has 2 heterocycles. The van der Waals surface area contributed by atoms with E-state index < -0.39 is 5.97 Å². The van der Waals surface area contributed by atoms with Crippen LogP contribution in [0.3, 0.4) is 0 Å². The molecule has 2 aliphatic rings. The van der Waals surface area contributed by atoms with E-state index in [2.05, 4.69) is 6.92 Å². The van der Waals surface area contributed by atoms with Gasteiger partial charge in [-0.1, -0.05) is 25.1 Å². The number of esters is 1. The molecule has 0 aromatic heterocycles. The highest BCUT2D eigenvalue weighted by Crippen LogP contribution is 2.26. The number of ether oxygens (including phenoxy) is 2. The fraction of sp³-hybridized carbons (Fsp3) is 0.444. The maximum Gasteiger partial charge on any atom is 0.338 e. The molecule has 0 saturated carbocycles. The first-order chi connectivity index (χ1) is 11.1. The van der Waals surface area contributed by atoms with E-state index in [1.807, 2.05) is 24.3 Å². The second-order valence-electron chi connectivity index (χ2n) is 6.14. The Kier molecular flexibility index (Phi) is 4.65. The molecule has 0 unspecified atom stereocenters. The standard InChI is InChI=1S/C18H21NO4/c1-13-6-8-19(9-7-13)17(20)12-23-18(21)15-10-14-4-2-3-5-16(14)22-11-15/h2-5,10,13H,6-9,11-12H2,1H3. The summed E-state index contributed by atoms with van der Waals surface area (Å²) in [5.41, 5.74) is 1.28. The van der Waals surface area contributed by atoms with Crippen LogP contribution in [0.1, 0.15) is 25.3 Å². The van der Waals surface area contributed by atoms with Gasteiger partial charge in [-0.05, 0) is 30.9 Å². The maximum atomic E-state index is 12.1. The lowest BCUT2D eigenvalue weighted by Gasteiger charge is -2.30. The van der Waals surface area contributed by atoms with Crippen molar-refractivity contribution >= 4 is 18.0 Å². The Morgan fingerprint density at radius 2 is 2.00 bits per heavy atom. The van der Waals surface area contributed by atoms with Gasteiger partial charge in [-0.25, -0.2) is 4.79 Å². The second-order valence-corrected chi connectivity index (χ2v) is 6.14. The van der Waals surface area contributed by atoms with Crippen molar-refractivity contribution in [3.63, 3.8) is 0 Å². The van der Waals surface area contributed by atoms with Gasteiger partial charge in [0, 0.05) is 18.7 Å². The summed E-state index contributed by atoms with van der Waals surface area (Å²) in [5.74, 6) is 0.801. The largest absolute Gasteiger partial charge is 0.488 e. The summed E-state index contributed by atoms with van der Waals surface area (Å²) in [4.78, 5) is 26.0. The number of piperidine rings is 1. The molecular formula is C18H21NO4. The summed E-state index contributed by atoms with van der Waals surface area (Å²) in [7, 11) is 0. The Balaban J connectivity index is 1.54. The number of hydrogen-bond donors (Lipinski definition) is 0. The minimum absolute atomic E-state index is 0.122. The summed E-state index contributed by atoms with van der Waals surface area (Å²) in [6.07, 6.45) is 3.78. The second kappa shape index (κ2) is 6.86. The molecule has 0 spiro atoms. The number of nitrogens with zero attached hydrogens (tertiary/aromatic N) is 1. The number of fused-ring (bicyclic) bond motifs is 1. The fourth-order valence-electron chi connectivity index (χ4n) is 2.80. The normalized spacial score (nSPS) is 17.8. The van der Waals surface area contributed by atoms with E-state index in [1.165, 1.54) is 0 Å². The summed E-state index contributed by atoms with van der Waals surface area (Å²) >= 11 is 0. The Hall–Kier alpha value is -2.30. The molecule has 0 radical (unpaired) electrons. The predicted molar refractivity (Wildman–Crippen MR) is 85.9 cm³/mol. The van der Waals surface area contributed by atoms with E-state index in [4.69, 9.17) is 9.47 Å². The first kappa shape index (κ1) is 15.6. The van der Waals surface area contributed by atoms with Gasteiger partial charge in [0.1, 0.15) is 12.4 Å². The number of likely N-dealkylation sites (tertiary alicyclic amines) is 1. The van der Waals surface area contributed by atoms with Crippen LogP contribution in [-0.4, -0.2) is 43.1 Å². The number of rotatable bonds is 3. The van der Waals surface area contributed by atoms with Crippen molar-refractivity contribution in [2.75, 3.05) is 26.3 Å². The van der Waals surface area contributed by atoms with Crippen molar-refractivity contribution in [3.05, 3.63) is 35.4 Å². The summed E-state index contributed by atoms with van der Waals surface area (Å²) in [5, 5.41) is 0. The van der Waals surface area contributed by atoms with Gasteiger partial charge >= 0.3 is 5.97 Å². The third-order valence-electron chi connectivity index (χ3n) is 4.36. The van der Waals surface area contributed by atoms with Gasteiger partial charge in [0.2, 0.25) is 0 Å². The van der Waals surface area contributed by atoms with Crippen LogP contribution in [-0.2, 0) is 14.3 Å². The highest BCUT2D eigenvalue weighted by molar-refractivity contribution is 5.96. The number of hydrogen-bond acceptors (Lipinski definition) is 4. The molecule has 1 amide bonds. The first-order valence-corrected chi connectivity index (χ1v) is 8.01. The minimum Gasteiger partial charge on any atom is -0.488 e. The van der Waals surface area contributed by atoms with Crippen molar-refractivity contribution in [2.24, 2.45) is 5.92 Å². The van der Waals surface area contributed by atoms with Crippen molar-refractivity contribution in [1.29, 1.82) is 0 Å². The van der Waals surface area contributed by atoms with Gasteiger partial charge in [-0.3, -0.25) is 4.79 Å². The lowest BCUT2D eigenvalue weighted by atomic mass is 9.99. The smallest absolute Gasteiger partial charge is 0.338 e. The van der Waals surface area contributed by atoms with Crippen LogP contribution in [0.25, 0.3) is 6.08 Å². The van der Waals surface area contributed by atoms with E-state index in [1.54, 1.807) is 11.0 Å². The van der Waals surface area contributed by atoms with Crippen LogP contribution in [0.5, 0.6) is 5.75 Å². The molecule has 0 aliphatic carbocycles. The van der Waals surface area contributed by atoms with Gasteiger partial charge in [0.15, 0.2) is 6.61 Å². The number of para-hydroxylation sites is 1. The van der Waals surface area contributed by atoms with Gasteiger partial charge in [-0.2, -0.15) is 0 Å². The quantitative estimate of drug-likeness (QED) is 0.803. The number of benzene rings is 1. The SMILES string of the molecule is CC1CCN(C(=O)COC(=O)C2=Cc3ccccc3OC2)CC1. The molecule has 2 aliphatic heterocycles. The molecular weight excluding hydrogens is 294 g/mol. The Labute approximate surface area is 135 Å². The third-order valence-corrected chi connectivity index (χ3v) is 4.36. The van der Waals surface area contributed by atoms with Gasteiger partial charge in [0.05, 0.1) is 5.57 Å². The Morgan fingerprint density at radius 3 is 2.78 bits per heavy atom. The zero-order valence-electron chi connectivity index (χ0n) is 13.3. The topological polar surface area (TPSA) is 55.8 Å². The molecule has 23 heavy (non-hydrogen) atoms. The van der Waals surface area contributed by atoms with Gasteiger partial charge < -0.3 is 14.4 Å². The van der Waals surface area contributed by atoms with E-state index in [-0.39, 0.29) is 19.1 Å². The van der Waals surface area contributed by atoms with E-state index in [0.717, 1.165) is 37.2 Å². The molecule has 1 saturated heterocycles. The summed E-state index contributed by atoms with van der Waals surface area (Å²) in [6.45, 7) is 3.65. The molecule has 0 atom stereocenters. The lowest BCUT2D eigenvalue weighted by molar-refractivity contribution is -0.149. The predicted octanol–water partition coefficient (Wildman–Crippen LogP) is 2.26. The lowest BCUT2D eigenvalue weighted by Crippen LogP contribution is -2.40. The molecule has 5 nitrogen and oxygen atoms in total. The first-order valence-electron chi connectivity index (χ1n) is 8.01. The average Bonchev–Trinajstić information content (AvgIpc) is 2.59. The third kappa shape index (κ3) is 3.73. The molecule has 5 heteroatoms. The van der Waals surface area contributed by atoms with Crippen molar-refractivity contribution in [3.8, 4) is 5.75 Å². The number of amides is 1. The monoisotopic (exact) mass is 315 g/mol. The van der Waals surface area contributed by atoms with Crippen molar-refractivity contribution < 1.29 is 19.1 Å². The zero-order chi connectivity index (χ0) is 16.2. The molecule has 0 N–H and O–H groups in total. The van der Waals surface area contributed by atoms with E-state index in [0.29, 0.717) is 11.5 Å². The van der Waals surface area contributed by atoms with Gasteiger partial charge in [0.25, 0.3) is 5.91 Å². The summed E-state index contributed by atoms with van der Waals surface area (Å²) < 4.78 is 10.7. The highest BCUT2D eigenvalue weighted by Gasteiger charge is 2.23. The molecule has 1 aromatic rings. The zero-order valence-corrected chi connectivity index (χ0v) is 13.3. The minimum atomic E-state index is -0.488. The van der Waals surface area contributed by atoms with Crippen LogP contribution in [0.2, 0.25) is 0 Å². The van der Waals surface area contributed by atoms with Crippen LogP contribution in [0.4, 0.5) is 0 Å². The number of carbonyl (C=O) groups is 2. The molecule has 122 valence electrons. The van der Waals surface area contributed by atoms with Crippen LogP contribution in [0, 0.1) is 5.92 Å². The Morgan fingerprint density at radius 1 is 1.26 bits per heavy atom. The number of carbonyl (C=O) groups excluding carboxylic acids is 2. The van der Waals surface area contributed by atoms with E-state index >= 15 is 0 Å².